The molecule has 1 aliphatic rings. The van der Waals surface area contributed by atoms with Crippen molar-refractivity contribution in [3.05, 3.63) is 41.6 Å². The van der Waals surface area contributed by atoms with E-state index in [-0.39, 0.29) is 19.0 Å². The summed E-state index contributed by atoms with van der Waals surface area (Å²) >= 11 is 0. The molecule has 0 saturated heterocycles. The first kappa shape index (κ1) is 18.2. The Morgan fingerprint density at radius 2 is 2.25 bits per heavy atom. The first-order chi connectivity index (χ1) is 13.6. The monoisotopic (exact) mass is 386 g/mol. The molecule has 0 bridgehead atoms. The highest BCUT2D eigenvalue weighted by molar-refractivity contribution is 5.94. The molecule has 0 saturated carbocycles. The summed E-state index contributed by atoms with van der Waals surface area (Å²) in [7, 11) is 0. The standard InChI is InChI=1S/C19H19FN4O4/c20-11-2-4-14(15(8-11)28-6-5-25)24-18-16-12-7-10(19(26)27)1-3-13(12)23-17(16)21-9-22-18/h2,4,8-10,25H,1,3,5-7H2,(H,26,27)(H2,21,22,23,24)/t10-/m0/s1. The quantitative estimate of drug-likeness (QED) is 0.513. The Morgan fingerprint density at radius 1 is 1.39 bits per heavy atom. The molecule has 8 nitrogen and oxygen atoms in total. The van der Waals surface area contributed by atoms with Gasteiger partial charge in [-0.15, -0.1) is 0 Å². The van der Waals surface area contributed by atoms with E-state index in [1.54, 1.807) is 0 Å². The highest BCUT2D eigenvalue weighted by atomic mass is 19.1. The van der Waals surface area contributed by atoms with Crippen LogP contribution in [0.25, 0.3) is 11.0 Å². The number of aliphatic hydroxyl groups excluding tert-OH is 1. The molecule has 0 unspecified atom stereocenters. The molecule has 9 heteroatoms. The number of fused-ring (bicyclic) bond motifs is 3. The number of rotatable bonds is 6. The third-order valence-electron chi connectivity index (χ3n) is 4.87. The molecular weight excluding hydrogens is 367 g/mol. The Balaban J connectivity index is 1.75. The van der Waals surface area contributed by atoms with Gasteiger partial charge in [-0.25, -0.2) is 14.4 Å². The van der Waals surface area contributed by atoms with Crippen molar-refractivity contribution in [1.29, 1.82) is 0 Å². The van der Waals surface area contributed by atoms with Crippen molar-refractivity contribution in [2.75, 3.05) is 18.5 Å². The van der Waals surface area contributed by atoms with Gasteiger partial charge in [0, 0.05) is 11.8 Å². The van der Waals surface area contributed by atoms with Gasteiger partial charge in [-0.1, -0.05) is 0 Å². The first-order valence-corrected chi connectivity index (χ1v) is 8.94. The van der Waals surface area contributed by atoms with E-state index in [0.717, 1.165) is 16.6 Å². The molecule has 4 N–H and O–H groups in total. The lowest BCUT2D eigenvalue weighted by atomic mass is 9.86. The molecule has 146 valence electrons. The Bertz CT molecular complexity index is 1040. The van der Waals surface area contributed by atoms with Gasteiger partial charge in [0.1, 0.15) is 36.0 Å². The van der Waals surface area contributed by atoms with Crippen molar-refractivity contribution in [2.45, 2.75) is 19.3 Å². The third kappa shape index (κ3) is 3.36. The first-order valence-electron chi connectivity index (χ1n) is 8.94. The number of carboxylic acids is 1. The summed E-state index contributed by atoms with van der Waals surface area (Å²) in [5.41, 5.74) is 2.95. The number of benzene rings is 1. The molecule has 0 spiro atoms. The van der Waals surface area contributed by atoms with Crippen molar-refractivity contribution < 1.29 is 24.1 Å². The molecule has 2 aromatic heterocycles. The smallest absolute Gasteiger partial charge is 0.306 e. The number of carbonyl (C=O) groups is 1. The number of aryl methyl sites for hydroxylation is 1. The SMILES string of the molecule is O=C(O)[C@H]1CCc2[nH]c3ncnc(Nc4ccc(F)cc4OCCO)c3c2C1. The van der Waals surface area contributed by atoms with Gasteiger partial charge in [0.15, 0.2) is 0 Å². The van der Waals surface area contributed by atoms with Gasteiger partial charge in [0.25, 0.3) is 0 Å². The zero-order chi connectivity index (χ0) is 19.7. The molecule has 0 fully saturated rings. The predicted molar refractivity (Wildman–Crippen MR) is 99.3 cm³/mol. The van der Waals surface area contributed by atoms with Crippen LogP contribution in [0.3, 0.4) is 0 Å². The summed E-state index contributed by atoms with van der Waals surface area (Å²) in [6.45, 7) is -0.174. The van der Waals surface area contributed by atoms with Crippen molar-refractivity contribution in [1.82, 2.24) is 15.0 Å². The summed E-state index contributed by atoms with van der Waals surface area (Å²) in [5, 5.41) is 22.2. The van der Waals surface area contributed by atoms with Gasteiger partial charge in [0.05, 0.1) is 23.6 Å². The van der Waals surface area contributed by atoms with E-state index in [1.807, 2.05) is 0 Å². The molecule has 3 aromatic rings. The number of aromatic amines is 1. The van der Waals surface area contributed by atoms with Crippen LogP contribution in [0.1, 0.15) is 17.7 Å². The van der Waals surface area contributed by atoms with Crippen LogP contribution < -0.4 is 10.1 Å². The second kappa shape index (κ2) is 7.43. The molecular formula is C19H19FN4O4. The molecule has 0 amide bonds. The molecule has 1 aliphatic carbocycles. The summed E-state index contributed by atoms with van der Waals surface area (Å²) in [4.78, 5) is 23.3. The minimum Gasteiger partial charge on any atom is -0.489 e. The van der Waals surface area contributed by atoms with E-state index in [4.69, 9.17) is 9.84 Å². The maximum Gasteiger partial charge on any atom is 0.306 e. The van der Waals surface area contributed by atoms with Crippen molar-refractivity contribution in [2.24, 2.45) is 5.92 Å². The molecule has 4 rings (SSSR count). The molecule has 2 heterocycles. The average molecular weight is 386 g/mol. The minimum atomic E-state index is -0.815. The van der Waals surface area contributed by atoms with Gasteiger partial charge in [-0.2, -0.15) is 0 Å². The molecule has 1 atom stereocenters. The van der Waals surface area contributed by atoms with Gasteiger partial charge < -0.3 is 25.3 Å². The number of carboxylic acid groups (broad SMARTS) is 1. The van der Waals surface area contributed by atoms with Crippen LogP contribution in [0.15, 0.2) is 24.5 Å². The summed E-state index contributed by atoms with van der Waals surface area (Å²) in [6, 6.07) is 4.04. The van der Waals surface area contributed by atoms with Crippen LogP contribution in [-0.2, 0) is 17.6 Å². The normalized spacial score (nSPS) is 16.0. The maximum atomic E-state index is 13.6. The van der Waals surface area contributed by atoms with Gasteiger partial charge in [-0.3, -0.25) is 4.79 Å². The Kier molecular flexibility index (Phi) is 4.82. The second-order valence-electron chi connectivity index (χ2n) is 6.64. The topological polar surface area (TPSA) is 120 Å². The molecule has 1 aromatic carbocycles. The fraction of sp³-hybridized carbons (Fsp3) is 0.316. The molecule has 0 radical (unpaired) electrons. The lowest BCUT2D eigenvalue weighted by Gasteiger charge is -2.19. The Hall–Kier alpha value is -3.20. The van der Waals surface area contributed by atoms with Crippen molar-refractivity contribution in [3.8, 4) is 5.75 Å². The number of nitrogens with one attached hydrogen (secondary N) is 2. The average Bonchev–Trinajstić information content (AvgIpc) is 3.06. The van der Waals surface area contributed by atoms with Crippen LogP contribution in [0.4, 0.5) is 15.9 Å². The van der Waals surface area contributed by atoms with Gasteiger partial charge >= 0.3 is 5.97 Å². The third-order valence-corrected chi connectivity index (χ3v) is 4.87. The van der Waals surface area contributed by atoms with Gasteiger partial charge in [-0.05, 0) is 37.0 Å². The largest absolute Gasteiger partial charge is 0.489 e. The van der Waals surface area contributed by atoms with E-state index in [9.17, 15) is 14.3 Å². The van der Waals surface area contributed by atoms with E-state index in [2.05, 4.69) is 20.3 Å². The predicted octanol–water partition coefficient (Wildman–Crippen LogP) is 2.40. The van der Waals surface area contributed by atoms with Gasteiger partial charge in [0.2, 0.25) is 0 Å². The molecule has 0 aliphatic heterocycles. The maximum absolute atomic E-state index is 13.6. The van der Waals surface area contributed by atoms with Crippen LogP contribution in [0.2, 0.25) is 0 Å². The fourth-order valence-corrected chi connectivity index (χ4v) is 3.55. The summed E-state index contributed by atoms with van der Waals surface area (Å²) < 4.78 is 19.0. The van der Waals surface area contributed by atoms with E-state index >= 15 is 0 Å². The summed E-state index contributed by atoms with van der Waals surface area (Å²) in [5.74, 6) is -1.00. The highest BCUT2D eigenvalue weighted by Gasteiger charge is 2.28. The lowest BCUT2D eigenvalue weighted by molar-refractivity contribution is -0.142. The van der Waals surface area contributed by atoms with E-state index in [0.29, 0.717) is 36.4 Å². The number of nitrogens with zero attached hydrogens (tertiary/aromatic N) is 2. The number of aromatic nitrogens is 3. The number of hydrogen-bond donors (Lipinski definition) is 4. The second-order valence-corrected chi connectivity index (χ2v) is 6.64. The van der Waals surface area contributed by atoms with Crippen LogP contribution in [0.5, 0.6) is 5.75 Å². The van der Waals surface area contributed by atoms with Crippen LogP contribution in [-0.4, -0.2) is 44.3 Å². The number of aliphatic hydroxyl groups is 1. The Labute approximate surface area is 159 Å². The van der Waals surface area contributed by atoms with Crippen LogP contribution >= 0.6 is 0 Å². The number of H-pyrrole nitrogens is 1. The highest BCUT2D eigenvalue weighted by Crippen LogP contribution is 2.36. The Morgan fingerprint density at radius 3 is 3.04 bits per heavy atom. The van der Waals surface area contributed by atoms with Crippen LogP contribution in [0, 0.1) is 11.7 Å². The number of halogens is 1. The molecule has 28 heavy (non-hydrogen) atoms. The number of aliphatic carboxylic acids is 1. The zero-order valence-corrected chi connectivity index (χ0v) is 14.9. The number of anilines is 2. The lowest BCUT2D eigenvalue weighted by Crippen LogP contribution is -2.21. The van der Waals surface area contributed by atoms with E-state index in [1.165, 1.54) is 24.5 Å². The van der Waals surface area contributed by atoms with Crippen molar-refractivity contribution >= 4 is 28.5 Å². The zero-order valence-electron chi connectivity index (χ0n) is 14.9. The van der Waals surface area contributed by atoms with E-state index < -0.39 is 17.7 Å². The minimum absolute atomic E-state index is 0.0250. The number of hydrogen-bond acceptors (Lipinski definition) is 6. The summed E-state index contributed by atoms with van der Waals surface area (Å²) in [6.07, 6.45) is 3.00. The number of ether oxygens (including phenoxy) is 1. The fourth-order valence-electron chi connectivity index (χ4n) is 3.55. The van der Waals surface area contributed by atoms with Crippen molar-refractivity contribution in [3.63, 3.8) is 0 Å².